The van der Waals surface area contributed by atoms with E-state index < -0.39 is 0 Å². The van der Waals surface area contributed by atoms with E-state index in [4.69, 9.17) is 5.73 Å². The first-order valence-corrected chi connectivity index (χ1v) is 7.31. The summed E-state index contributed by atoms with van der Waals surface area (Å²) in [6, 6.07) is 8.89. The average molecular weight is 246 g/mol. The number of nitrogens with two attached hydrogens (primary N) is 1. The van der Waals surface area contributed by atoms with Gasteiger partial charge >= 0.3 is 0 Å². The maximum absolute atomic E-state index is 5.69. The second-order valence-corrected chi connectivity index (χ2v) is 5.51. The zero-order valence-electron chi connectivity index (χ0n) is 11.6. The molecule has 0 saturated carbocycles. The number of piperidine rings is 1. The molecule has 1 saturated heterocycles. The van der Waals surface area contributed by atoms with Crippen molar-refractivity contribution in [3.63, 3.8) is 0 Å². The molecule has 1 fully saturated rings. The first-order valence-electron chi connectivity index (χ1n) is 7.31. The summed E-state index contributed by atoms with van der Waals surface area (Å²) in [7, 11) is 0. The van der Waals surface area contributed by atoms with Crippen LogP contribution in [0, 0.1) is 0 Å². The fourth-order valence-corrected chi connectivity index (χ4v) is 2.92. The number of hydrogen-bond donors (Lipinski definition) is 1. The Morgan fingerprint density at radius 3 is 2.61 bits per heavy atom. The topological polar surface area (TPSA) is 29.3 Å². The van der Waals surface area contributed by atoms with Crippen molar-refractivity contribution in [3.8, 4) is 0 Å². The molecule has 1 aliphatic rings. The predicted octanol–water partition coefficient (Wildman–Crippen LogP) is 3.12. The number of benzene rings is 1. The van der Waals surface area contributed by atoms with Crippen LogP contribution in [0.1, 0.15) is 49.7 Å². The Labute approximate surface area is 111 Å². The van der Waals surface area contributed by atoms with Crippen molar-refractivity contribution in [1.82, 2.24) is 4.90 Å². The van der Waals surface area contributed by atoms with Gasteiger partial charge in [-0.1, -0.05) is 37.6 Å². The van der Waals surface area contributed by atoms with Gasteiger partial charge in [-0.3, -0.25) is 4.90 Å². The quantitative estimate of drug-likeness (QED) is 0.865. The lowest BCUT2D eigenvalue weighted by molar-refractivity contribution is 0.220. The molecule has 0 spiro atoms. The summed E-state index contributed by atoms with van der Waals surface area (Å²) in [5.41, 5.74) is 8.69. The lowest BCUT2D eigenvalue weighted by atomic mass is 9.92. The normalized spacial score (nSPS) is 18.8. The van der Waals surface area contributed by atoms with Crippen LogP contribution in [-0.4, -0.2) is 24.5 Å². The first kappa shape index (κ1) is 13.6. The van der Waals surface area contributed by atoms with E-state index in [9.17, 15) is 0 Å². The highest BCUT2D eigenvalue weighted by Gasteiger charge is 2.14. The van der Waals surface area contributed by atoms with E-state index in [-0.39, 0.29) is 0 Å². The number of hydrogen-bond acceptors (Lipinski definition) is 2. The fourth-order valence-electron chi connectivity index (χ4n) is 2.92. The number of rotatable bonds is 5. The Balaban J connectivity index is 2.06. The highest BCUT2D eigenvalue weighted by molar-refractivity contribution is 5.30. The third kappa shape index (κ3) is 3.56. The fraction of sp³-hybridized carbons (Fsp3) is 0.625. The molecule has 1 atom stereocenters. The van der Waals surface area contributed by atoms with Crippen molar-refractivity contribution >= 4 is 0 Å². The summed E-state index contributed by atoms with van der Waals surface area (Å²) in [5.74, 6) is 0.580. The molecule has 0 amide bonds. The molecule has 0 bridgehead atoms. The molecule has 2 rings (SSSR count). The standard InChI is InChI=1S/C16H26N2/c1-14(9-10-17)16-8-4-3-7-15(16)13-18-11-5-2-6-12-18/h3-4,7-8,14H,2,5-6,9-13,17H2,1H3. The Kier molecular flexibility index (Phi) is 5.21. The van der Waals surface area contributed by atoms with Gasteiger partial charge in [0.2, 0.25) is 0 Å². The third-order valence-electron chi connectivity index (χ3n) is 4.03. The molecule has 2 N–H and O–H groups in total. The van der Waals surface area contributed by atoms with Crippen LogP contribution in [0.2, 0.25) is 0 Å². The van der Waals surface area contributed by atoms with Crippen molar-refractivity contribution in [2.75, 3.05) is 19.6 Å². The Bertz CT molecular complexity index is 356. The van der Waals surface area contributed by atoms with Crippen LogP contribution in [0.3, 0.4) is 0 Å². The largest absolute Gasteiger partial charge is 0.330 e. The molecule has 2 heteroatoms. The van der Waals surface area contributed by atoms with Crippen LogP contribution in [0.25, 0.3) is 0 Å². The zero-order chi connectivity index (χ0) is 12.8. The number of likely N-dealkylation sites (tertiary alicyclic amines) is 1. The van der Waals surface area contributed by atoms with Crippen LogP contribution in [0.4, 0.5) is 0 Å². The molecule has 1 aromatic carbocycles. The van der Waals surface area contributed by atoms with Crippen molar-refractivity contribution in [2.24, 2.45) is 5.73 Å². The summed E-state index contributed by atoms with van der Waals surface area (Å²) < 4.78 is 0. The van der Waals surface area contributed by atoms with Gasteiger partial charge in [0.05, 0.1) is 0 Å². The van der Waals surface area contributed by atoms with Gasteiger partial charge in [-0.15, -0.1) is 0 Å². The molecule has 0 aromatic heterocycles. The van der Waals surface area contributed by atoms with Crippen molar-refractivity contribution in [2.45, 2.75) is 45.1 Å². The van der Waals surface area contributed by atoms with Gasteiger partial charge in [0, 0.05) is 6.54 Å². The number of nitrogens with zero attached hydrogens (tertiary/aromatic N) is 1. The summed E-state index contributed by atoms with van der Waals surface area (Å²) in [4.78, 5) is 2.59. The molecular weight excluding hydrogens is 220 g/mol. The van der Waals surface area contributed by atoms with Crippen LogP contribution in [0.5, 0.6) is 0 Å². The first-order chi connectivity index (χ1) is 8.81. The van der Waals surface area contributed by atoms with E-state index in [1.54, 1.807) is 0 Å². The smallest absolute Gasteiger partial charge is 0.0236 e. The van der Waals surface area contributed by atoms with Crippen LogP contribution >= 0.6 is 0 Å². The van der Waals surface area contributed by atoms with Gasteiger partial charge in [0.1, 0.15) is 0 Å². The monoisotopic (exact) mass is 246 g/mol. The second-order valence-electron chi connectivity index (χ2n) is 5.51. The highest BCUT2D eigenvalue weighted by atomic mass is 15.1. The van der Waals surface area contributed by atoms with E-state index >= 15 is 0 Å². The maximum atomic E-state index is 5.69. The van der Waals surface area contributed by atoms with Gasteiger partial charge in [-0.05, 0) is 55.9 Å². The van der Waals surface area contributed by atoms with Gasteiger partial charge in [-0.25, -0.2) is 0 Å². The van der Waals surface area contributed by atoms with Crippen LogP contribution in [0.15, 0.2) is 24.3 Å². The van der Waals surface area contributed by atoms with Crippen LogP contribution in [-0.2, 0) is 6.54 Å². The van der Waals surface area contributed by atoms with E-state index in [0.717, 1.165) is 19.5 Å². The minimum atomic E-state index is 0.580. The maximum Gasteiger partial charge on any atom is 0.0236 e. The van der Waals surface area contributed by atoms with E-state index in [2.05, 4.69) is 36.1 Å². The minimum absolute atomic E-state index is 0.580. The molecule has 1 aliphatic heterocycles. The highest BCUT2D eigenvalue weighted by Crippen LogP contribution is 2.24. The Hall–Kier alpha value is -0.860. The molecule has 0 aliphatic carbocycles. The summed E-state index contributed by atoms with van der Waals surface area (Å²) in [5, 5.41) is 0. The third-order valence-corrected chi connectivity index (χ3v) is 4.03. The lowest BCUT2D eigenvalue weighted by Crippen LogP contribution is -2.29. The van der Waals surface area contributed by atoms with Crippen LogP contribution < -0.4 is 5.73 Å². The molecular formula is C16H26N2. The summed E-state index contributed by atoms with van der Waals surface area (Å²) >= 11 is 0. The molecule has 100 valence electrons. The minimum Gasteiger partial charge on any atom is -0.330 e. The van der Waals surface area contributed by atoms with Gasteiger partial charge in [0.15, 0.2) is 0 Å². The summed E-state index contributed by atoms with van der Waals surface area (Å²) in [6.07, 6.45) is 5.21. The SMILES string of the molecule is CC(CCN)c1ccccc1CN1CCCCC1. The predicted molar refractivity (Wildman–Crippen MR) is 77.7 cm³/mol. The molecule has 0 radical (unpaired) electrons. The van der Waals surface area contributed by atoms with Gasteiger partial charge < -0.3 is 5.73 Å². The zero-order valence-corrected chi connectivity index (χ0v) is 11.6. The second kappa shape index (κ2) is 6.91. The molecule has 1 unspecified atom stereocenters. The van der Waals surface area contributed by atoms with Gasteiger partial charge in [0.25, 0.3) is 0 Å². The molecule has 1 aromatic rings. The van der Waals surface area contributed by atoms with Crippen molar-refractivity contribution < 1.29 is 0 Å². The Morgan fingerprint density at radius 1 is 1.17 bits per heavy atom. The molecule has 18 heavy (non-hydrogen) atoms. The van der Waals surface area contributed by atoms with Crippen molar-refractivity contribution in [1.29, 1.82) is 0 Å². The lowest BCUT2D eigenvalue weighted by Gasteiger charge is -2.28. The molecule has 1 heterocycles. The van der Waals surface area contributed by atoms with Crippen molar-refractivity contribution in [3.05, 3.63) is 35.4 Å². The molecule has 2 nitrogen and oxygen atoms in total. The van der Waals surface area contributed by atoms with Gasteiger partial charge in [-0.2, -0.15) is 0 Å². The van der Waals surface area contributed by atoms with E-state index in [1.165, 1.54) is 43.5 Å². The summed E-state index contributed by atoms with van der Waals surface area (Å²) in [6.45, 7) is 6.71. The van der Waals surface area contributed by atoms with E-state index in [0.29, 0.717) is 5.92 Å². The van der Waals surface area contributed by atoms with E-state index in [1.807, 2.05) is 0 Å². The average Bonchev–Trinajstić information content (AvgIpc) is 2.41. The Morgan fingerprint density at radius 2 is 1.89 bits per heavy atom.